The van der Waals surface area contributed by atoms with Crippen LogP contribution in [0.5, 0.6) is 0 Å². The number of carboxylic acids is 1. The van der Waals surface area contributed by atoms with E-state index in [1.165, 1.54) is 37.0 Å². The van der Waals surface area contributed by atoms with E-state index in [0.29, 0.717) is 0 Å². The summed E-state index contributed by atoms with van der Waals surface area (Å²) in [5.74, 6) is 5.37. The quantitative estimate of drug-likeness (QED) is 0.328. The van der Waals surface area contributed by atoms with Crippen LogP contribution in [0.1, 0.15) is 50.5 Å². The lowest BCUT2D eigenvalue weighted by molar-refractivity contribution is -0.137. The van der Waals surface area contributed by atoms with Crippen molar-refractivity contribution in [3.63, 3.8) is 0 Å². The summed E-state index contributed by atoms with van der Waals surface area (Å²) in [5.41, 5.74) is 1.38. The van der Waals surface area contributed by atoms with E-state index in [1.807, 2.05) is 0 Å². The average molecular weight is 399 g/mol. The Bertz CT molecular complexity index is 652. The van der Waals surface area contributed by atoms with Crippen LogP contribution >= 0.6 is 11.8 Å². The molecule has 3 heteroatoms. The first-order chi connectivity index (χ1) is 13.7. The Hall–Kier alpha value is -1.48. The summed E-state index contributed by atoms with van der Waals surface area (Å²) in [4.78, 5) is 10.6. The molecule has 152 valence electrons. The zero-order chi connectivity index (χ0) is 19.6. The molecule has 1 aromatic rings. The molecule has 2 fully saturated rings. The number of thioether (sulfide) groups is 1. The van der Waals surface area contributed by atoms with Crippen molar-refractivity contribution in [1.29, 1.82) is 0 Å². The maximum absolute atomic E-state index is 10.6. The molecule has 0 amide bonds. The third kappa shape index (κ3) is 6.55. The van der Waals surface area contributed by atoms with Crippen LogP contribution in [0.2, 0.25) is 0 Å². The van der Waals surface area contributed by atoms with Gasteiger partial charge in [-0.3, -0.25) is 4.79 Å². The van der Waals surface area contributed by atoms with E-state index >= 15 is 0 Å². The Morgan fingerprint density at radius 1 is 1.04 bits per heavy atom. The molecule has 0 radical (unpaired) electrons. The third-order valence-corrected chi connectivity index (χ3v) is 7.55. The van der Waals surface area contributed by atoms with Gasteiger partial charge in [-0.05, 0) is 79.9 Å². The second-order valence-electron chi connectivity index (χ2n) is 8.35. The number of aliphatic carboxylic acids is 1. The lowest BCUT2D eigenvalue weighted by Crippen LogP contribution is -2.24. The molecule has 0 aromatic heterocycles. The highest BCUT2D eigenvalue weighted by Crippen LogP contribution is 2.54. The van der Waals surface area contributed by atoms with Crippen LogP contribution in [-0.2, 0) is 11.2 Å². The summed E-state index contributed by atoms with van der Waals surface area (Å²) in [6, 6.07) is 10.7. The summed E-state index contributed by atoms with van der Waals surface area (Å²) in [6.45, 7) is 0. The largest absolute Gasteiger partial charge is 0.481 e. The van der Waals surface area contributed by atoms with Crippen LogP contribution in [0, 0.1) is 23.7 Å². The number of unbranched alkanes of at least 4 members (excludes halogenated alkanes) is 1. The van der Waals surface area contributed by atoms with Crippen molar-refractivity contribution >= 4 is 17.7 Å². The number of hydrogen-bond acceptors (Lipinski definition) is 2. The molecule has 4 atom stereocenters. The van der Waals surface area contributed by atoms with Crippen LogP contribution in [0.4, 0.5) is 0 Å². The van der Waals surface area contributed by atoms with Crippen LogP contribution < -0.4 is 0 Å². The summed E-state index contributed by atoms with van der Waals surface area (Å²) in [7, 11) is 0. The first kappa shape index (κ1) is 21.2. The van der Waals surface area contributed by atoms with Crippen LogP contribution in [0.3, 0.4) is 0 Å². The molecule has 1 N–H and O–H groups in total. The highest BCUT2D eigenvalue weighted by atomic mass is 32.2. The minimum Gasteiger partial charge on any atom is -0.481 e. The minimum atomic E-state index is -0.684. The van der Waals surface area contributed by atoms with Crippen molar-refractivity contribution < 1.29 is 9.90 Å². The Morgan fingerprint density at radius 3 is 2.61 bits per heavy atom. The molecule has 2 saturated carbocycles. The van der Waals surface area contributed by atoms with Gasteiger partial charge in [0.2, 0.25) is 0 Å². The van der Waals surface area contributed by atoms with Crippen LogP contribution in [0.25, 0.3) is 0 Å². The fraction of sp³-hybridized carbons (Fsp3) is 0.560. The first-order valence-electron chi connectivity index (χ1n) is 10.9. The SMILES string of the molecule is O=C(O)CCCC=CC[C@H]1[C@H]2CC[C@H](C2)[C@H]1CSCC=CCc1ccccc1. The van der Waals surface area contributed by atoms with Crippen molar-refractivity contribution in [2.45, 2.75) is 51.4 Å². The average Bonchev–Trinajstić information content (AvgIpc) is 3.30. The molecular formula is C25H34O2S. The normalized spacial score (nSPS) is 26.6. The molecule has 0 unspecified atom stereocenters. The van der Waals surface area contributed by atoms with E-state index in [2.05, 4.69) is 66.4 Å². The Balaban J connectivity index is 1.36. The van der Waals surface area contributed by atoms with Crippen molar-refractivity contribution in [1.82, 2.24) is 0 Å². The van der Waals surface area contributed by atoms with E-state index in [1.54, 1.807) is 0 Å². The van der Waals surface area contributed by atoms with Gasteiger partial charge in [0.1, 0.15) is 0 Å². The van der Waals surface area contributed by atoms with Crippen molar-refractivity contribution in [2.24, 2.45) is 23.7 Å². The van der Waals surface area contributed by atoms with Gasteiger partial charge in [0, 0.05) is 12.2 Å². The molecule has 2 aliphatic carbocycles. The summed E-state index contributed by atoms with van der Waals surface area (Å²) in [5, 5.41) is 8.71. The number of benzene rings is 1. The highest BCUT2D eigenvalue weighted by Gasteiger charge is 2.46. The second-order valence-corrected chi connectivity index (χ2v) is 9.43. The number of fused-ring (bicyclic) bond motifs is 2. The summed E-state index contributed by atoms with van der Waals surface area (Å²) >= 11 is 2.10. The third-order valence-electron chi connectivity index (χ3n) is 6.50. The standard InChI is InChI=1S/C25H34O2S/c26-25(27)14-7-2-1-6-13-23-21-15-16-22(18-21)24(23)19-28-17-9-8-12-20-10-4-3-5-11-20/h1,3-6,8-11,21-24H,2,7,12-19H2,(H,26,27)/t21-,22+,23-,24+/m0/s1. The van der Waals surface area contributed by atoms with E-state index in [-0.39, 0.29) is 6.42 Å². The maximum atomic E-state index is 10.6. The second kappa shape index (κ2) is 11.5. The molecule has 3 rings (SSSR count). The summed E-state index contributed by atoms with van der Waals surface area (Å²) < 4.78 is 0. The Morgan fingerprint density at radius 2 is 1.82 bits per heavy atom. The Kier molecular flexibility index (Phi) is 8.72. The maximum Gasteiger partial charge on any atom is 0.303 e. The smallest absolute Gasteiger partial charge is 0.303 e. The van der Waals surface area contributed by atoms with Gasteiger partial charge in [0.05, 0.1) is 0 Å². The van der Waals surface area contributed by atoms with Gasteiger partial charge >= 0.3 is 5.97 Å². The van der Waals surface area contributed by atoms with Gasteiger partial charge in [-0.2, -0.15) is 11.8 Å². The molecule has 0 saturated heterocycles. The van der Waals surface area contributed by atoms with Gasteiger partial charge in [-0.25, -0.2) is 0 Å². The van der Waals surface area contributed by atoms with Crippen LogP contribution in [0.15, 0.2) is 54.6 Å². The fourth-order valence-electron chi connectivity index (χ4n) is 5.07. The molecule has 28 heavy (non-hydrogen) atoms. The predicted octanol–water partition coefficient (Wildman–Crippen LogP) is 6.38. The fourth-order valence-corrected chi connectivity index (χ4v) is 6.27. The molecular weight excluding hydrogens is 364 g/mol. The van der Waals surface area contributed by atoms with Gasteiger partial charge in [-0.15, -0.1) is 0 Å². The zero-order valence-corrected chi connectivity index (χ0v) is 17.7. The topological polar surface area (TPSA) is 37.3 Å². The van der Waals surface area contributed by atoms with Crippen molar-refractivity contribution in [3.8, 4) is 0 Å². The van der Waals surface area contributed by atoms with Gasteiger partial charge in [0.25, 0.3) is 0 Å². The lowest BCUT2D eigenvalue weighted by atomic mass is 9.78. The Labute approximate surface area is 174 Å². The number of carboxylic acid groups (broad SMARTS) is 1. The molecule has 2 aliphatic rings. The van der Waals surface area contributed by atoms with Crippen molar-refractivity contribution in [2.75, 3.05) is 11.5 Å². The van der Waals surface area contributed by atoms with Crippen LogP contribution in [-0.4, -0.2) is 22.6 Å². The van der Waals surface area contributed by atoms with E-state index in [9.17, 15) is 4.79 Å². The van der Waals surface area contributed by atoms with Gasteiger partial charge in [-0.1, -0.05) is 54.6 Å². The number of rotatable bonds is 12. The highest BCUT2D eigenvalue weighted by molar-refractivity contribution is 7.99. The molecule has 1 aromatic carbocycles. The number of hydrogen-bond donors (Lipinski definition) is 1. The van der Waals surface area contributed by atoms with E-state index in [4.69, 9.17) is 5.11 Å². The molecule has 2 nitrogen and oxygen atoms in total. The molecule has 2 bridgehead atoms. The molecule has 0 aliphatic heterocycles. The predicted molar refractivity (Wildman–Crippen MR) is 120 cm³/mol. The minimum absolute atomic E-state index is 0.287. The summed E-state index contributed by atoms with van der Waals surface area (Å²) in [6.07, 6.45) is 17.7. The van der Waals surface area contributed by atoms with E-state index < -0.39 is 5.97 Å². The monoisotopic (exact) mass is 398 g/mol. The lowest BCUT2D eigenvalue weighted by Gasteiger charge is -2.30. The number of allylic oxidation sites excluding steroid dienone is 3. The van der Waals surface area contributed by atoms with Crippen molar-refractivity contribution in [3.05, 3.63) is 60.2 Å². The first-order valence-corrected chi connectivity index (χ1v) is 12.0. The van der Waals surface area contributed by atoms with E-state index in [0.717, 1.165) is 48.7 Å². The number of carbonyl (C=O) groups is 1. The molecule has 0 heterocycles. The van der Waals surface area contributed by atoms with Gasteiger partial charge < -0.3 is 5.11 Å². The van der Waals surface area contributed by atoms with Gasteiger partial charge in [0.15, 0.2) is 0 Å². The molecule has 0 spiro atoms. The zero-order valence-electron chi connectivity index (χ0n) is 16.8.